The summed E-state index contributed by atoms with van der Waals surface area (Å²) >= 11 is 0. The van der Waals surface area contributed by atoms with Gasteiger partial charge in [-0.05, 0) is 6.08 Å². The lowest BCUT2D eigenvalue weighted by Gasteiger charge is -2.13. The molecule has 2 aliphatic rings. The Balaban J connectivity index is 2.16. The van der Waals surface area contributed by atoms with Gasteiger partial charge in [-0.3, -0.25) is 0 Å². The largest absolute Gasteiger partial charge is 0.469 e. The van der Waals surface area contributed by atoms with Crippen molar-refractivity contribution in [2.75, 3.05) is 20.0 Å². The second kappa shape index (κ2) is 2.01. The van der Waals surface area contributed by atoms with E-state index in [1.165, 1.54) is 0 Å². The topological polar surface area (TPSA) is 27.7 Å². The molecule has 0 aromatic carbocycles. The van der Waals surface area contributed by atoms with Gasteiger partial charge in [0.05, 0.1) is 13.2 Å². The van der Waals surface area contributed by atoms with E-state index in [-0.39, 0.29) is 6.10 Å². The van der Waals surface area contributed by atoms with Crippen LogP contribution in [0.1, 0.15) is 0 Å². The highest BCUT2D eigenvalue weighted by Crippen LogP contribution is 2.19. The summed E-state index contributed by atoms with van der Waals surface area (Å²) in [4.78, 5) is 0. The number of rotatable bonds is 0. The number of fused-ring (bicyclic) bond motifs is 1. The van der Waals surface area contributed by atoms with E-state index in [1.807, 2.05) is 6.08 Å². The first kappa shape index (κ1) is 5.26. The lowest BCUT2D eigenvalue weighted by molar-refractivity contribution is 0.0105. The smallest absolute Gasteiger partial charge is 0.189 e. The molecule has 1 fully saturated rings. The first-order valence-corrected chi connectivity index (χ1v) is 2.99. The molecule has 1 saturated heterocycles. The van der Waals surface area contributed by atoms with Crippen LogP contribution in [0.2, 0.25) is 0 Å². The van der Waals surface area contributed by atoms with Gasteiger partial charge in [-0.25, -0.2) is 0 Å². The van der Waals surface area contributed by atoms with Gasteiger partial charge < -0.3 is 14.2 Å². The van der Waals surface area contributed by atoms with E-state index in [0.717, 1.165) is 5.76 Å². The lowest BCUT2D eigenvalue weighted by atomic mass is 10.2. The van der Waals surface area contributed by atoms with Gasteiger partial charge in [0, 0.05) is 0 Å². The zero-order valence-corrected chi connectivity index (χ0v) is 5.00. The summed E-state index contributed by atoms with van der Waals surface area (Å²) in [6.45, 7) is 1.70. The Morgan fingerprint density at radius 3 is 3.44 bits per heavy atom. The number of hydrogen-bond acceptors (Lipinski definition) is 3. The van der Waals surface area contributed by atoms with Gasteiger partial charge in [0.15, 0.2) is 6.79 Å². The molecule has 1 unspecified atom stereocenters. The van der Waals surface area contributed by atoms with Crippen molar-refractivity contribution in [1.82, 2.24) is 0 Å². The maximum absolute atomic E-state index is 5.14. The number of hydrogen-bond donors (Lipinski definition) is 0. The average Bonchev–Trinajstić information content (AvgIpc) is 2.33. The van der Waals surface area contributed by atoms with Gasteiger partial charge in [0.2, 0.25) is 0 Å². The quantitative estimate of drug-likeness (QED) is 0.468. The van der Waals surface area contributed by atoms with Crippen molar-refractivity contribution in [2.45, 2.75) is 6.10 Å². The van der Waals surface area contributed by atoms with E-state index >= 15 is 0 Å². The molecule has 3 heteroatoms. The van der Waals surface area contributed by atoms with Gasteiger partial charge in [-0.1, -0.05) is 0 Å². The van der Waals surface area contributed by atoms with E-state index in [0.29, 0.717) is 20.0 Å². The number of ether oxygens (including phenoxy) is 3. The normalized spacial score (nSPS) is 32.9. The Morgan fingerprint density at radius 1 is 1.56 bits per heavy atom. The molecule has 2 rings (SSSR count). The molecule has 2 aliphatic heterocycles. The minimum absolute atomic E-state index is 0.0822. The molecule has 1 atom stereocenters. The standard InChI is InChI=1S/C6H8O3/c1-2-7-3-6-5(1)8-4-9-6/h1,6H,2-4H2. The Labute approximate surface area is 53.2 Å². The van der Waals surface area contributed by atoms with Crippen LogP contribution in [-0.4, -0.2) is 26.1 Å². The Bertz CT molecular complexity index is 141. The molecule has 0 aromatic heterocycles. The molecule has 0 N–H and O–H groups in total. The molecule has 9 heavy (non-hydrogen) atoms. The molecule has 0 bridgehead atoms. The van der Waals surface area contributed by atoms with Crippen molar-refractivity contribution >= 4 is 0 Å². The third-order valence-corrected chi connectivity index (χ3v) is 1.48. The minimum Gasteiger partial charge on any atom is -0.469 e. The van der Waals surface area contributed by atoms with Crippen molar-refractivity contribution in [1.29, 1.82) is 0 Å². The minimum atomic E-state index is 0.0822. The first-order valence-electron chi connectivity index (χ1n) is 2.99. The van der Waals surface area contributed by atoms with E-state index in [4.69, 9.17) is 14.2 Å². The zero-order chi connectivity index (χ0) is 6.10. The summed E-state index contributed by atoms with van der Waals surface area (Å²) in [5.41, 5.74) is 0. The van der Waals surface area contributed by atoms with Gasteiger partial charge in [0.1, 0.15) is 11.9 Å². The maximum Gasteiger partial charge on any atom is 0.189 e. The fourth-order valence-corrected chi connectivity index (χ4v) is 0.996. The van der Waals surface area contributed by atoms with Crippen molar-refractivity contribution in [3.63, 3.8) is 0 Å². The van der Waals surface area contributed by atoms with E-state index in [9.17, 15) is 0 Å². The van der Waals surface area contributed by atoms with Crippen LogP contribution < -0.4 is 0 Å². The molecule has 0 amide bonds. The Hall–Kier alpha value is -0.540. The monoisotopic (exact) mass is 128 g/mol. The summed E-state index contributed by atoms with van der Waals surface area (Å²) in [6, 6.07) is 0. The highest BCUT2D eigenvalue weighted by molar-refractivity contribution is 5.05. The predicted molar refractivity (Wildman–Crippen MR) is 29.7 cm³/mol. The van der Waals surface area contributed by atoms with Gasteiger partial charge in [0.25, 0.3) is 0 Å². The highest BCUT2D eigenvalue weighted by atomic mass is 16.7. The molecule has 2 heterocycles. The van der Waals surface area contributed by atoms with Gasteiger partial charge in [-0.15, -0.1) is 0 Å². The first-order chi connectivity index (χ1) is 4.47. The molecule has 50 valence electrons. The second-order valence-electron chi connectivity index (χ2n) is 2.06. The van der Waals surface area contributed by atoms with Crippen LogP contribution in [0.4, 0.5) is 0 Å². The Morgan fingerprint density at radius 2 is 2.56 bits per heavy atom. The van der Waals surface area contributed by atoms with Crippen molar-refractivity contribution in [2.24, 2.45) is 0 Å². The van der Waals surface area contributed by atoms with Crippen LogP contribution in [0.15, 0.2) is 11.8 Å². The highest BCUT2D eigenvalue weighted by Gasteiger charge is 2.25. The van der Waals surface area contributed by atoms with Gasteiger partial charge >= 0.3 is 0 Å². The van der Waals surface area contributed by atoms with Crippen LogP contribution in [0.3, 0.4) is 0 Å². The van der Waals surface area contributed by atoms with Crippen molar-refractivity contribution in [3.8, 4) is 0 Å². The summed E-state index contributed by atoms with van der Waals surface area (Å²) in [7, 11) is 0. The average molecular weight is 128 g/mol. The Kier molecular flexibility index (Phi) is 1.17. The van der Waals surface area contributed by atoms with Crippen LogP contribution in [0.5, 0.6) is 0 Å². The van der Waals surface area contributed by atoms with E-state index in [1.54, 1.807) is 0 Å². The molecule has 0 radical (unpaired) electrons. The molecule has 3 nitrogen and oxygen atoms in total. The molecule has 0 spiro atoms. The fourth-order valence-electron chi connectivity index (χ4n) is 0.996. The summed E-state index contributed by atoms with van der Waals surface area (Å²) in [5, 5.41) is 0. The summed E-state index contributed by atoms with van der Waals surface area (Å²) in [6.07, 6.45) is 2.00. The maximum atomic E-state index is 5.14. The molecule has 0 aliphatic carbocycles. The van der Waals surface area contributed by atoms with Crippen LogP contribution in [0, 0.1) is 0 Å². The summed E-state index contributed by atoms with van der Waals surface area (Å²) < 4.78 is 15.4. The third-order valence-electron chi connectivity index (χ3n) is 1.48. The molecule has 0 aromatic rings. The van der Waals surface area contributed by atoms with E-state index in [2.05, 4.69) is 0 Å². The van der Waals surface area contributed by atoms with Crippen LogP contribution >= 0.6 is 0 Å². The second-order valence-corrected chi connectivity index (χ2v) is 2.06. The molecule has 0 saturated carbocycles. The van der Waals surface area contributed by atoms with Crippen LogP contribution in [0.25, 0.3) is 0 Å². The zero-order valence-electron chi connectivity index (χ0n) is 5.00. The SMILES string of the molecule is C1=C2OCOC2COC1. The van der Waals surface area contributed by atoms with Crippen molar-refractivity contribution < 1.29 is 14.2 Å². The fraction of sp³-hybridized carbons (Fsp3) is 0.667. The lowest BCUT2D eigenvalue weighted by Crippen LogP contribution is -2.20. The predicted octanol–water partition coefficient (Wildman–Crippen LogP) is 0.273. The molecular formula is C6H8O3. The van der Waals surface area contributed by atoms with E-state index < -0.39 is 0 Å². The third kappa shape index (κ3) is 0.821. The molecular weight excluding hydrogens is 120 g/mol. The van der Waals surface area contributed by atoms with Crippen molar-refractivity contribution in [3.05, 3.63) is 11.8 Å². The summed E-state index contributed by atoms with van der Waals surface area (Å²) in [5.74, 6) is 0.946. The van der Waals surface area contributed by atoms with Crippen LogP contribution in [-0.2, 0) is 14.2 Å². The van der Waals surface area contributed by atoms with Gasteiger partial charge in [-0.2, -0.15) is 0 Å².